The van der Waals surface area contributed by atoms with Gasteiger partial charge in [0.2, 0.25) is 5.91 Å². The molecule has 0 radical (unpaired) electrons. The van der Waals surface area contributed by atoms with E-state index < -0.39 is 23.6 Å². The Morgan fingerprint density at radius 2 is 1.71 bits per heavy atom. The molecule has 3 nitrogen and oxygen atoms in total. The molecule has 0 fully saturated rings. The highest BCUT2D eigenvalue weighted by Gasteiger charge is 2.17. The maximum atomic E-state index is 12.8. The fourth-order valence-electron chi connectivity index (χ4n) is 1.15. The molecular formula is C11H15ClF2N2O. The second-order valence-corrected chi connectivity index (χ2v) is 3.92. The summed E-state index contributed by atoms with van der Waals surface area (Å²) in [7, 11) is 0. The van der Waals surface area contributed by atoms with E-state index in [4.69, 9.17) is 5.73 Å². The highest BCUT2D eigenvalue weighted by molar-refractivity contribution is 5.94. The van der Waals surface area contributed by atoms with Crippen LogP contribution < -0.4 is 11.1 Å². The van der Waals surface area contributed by atoms with Gasteiger partial charge in [-0.15, -0.1) is 12.4 Å². The molecule has 1 amide bonds. The Balaban J connectivity index is 0.00000256. The third kappa shape index (κ3) is 4.66. The molecule has 1 rings (SSSR count). The molecular weight excluding hydrogens is 250 g/mol. The first kappa shape index (κ1) is 15.8. The van der Waals surface area contributed by atoms with E-state index in [1.165, 1.54) is 0 Å². The van der Waals surface area contributed by atoms with E-state index in [0.717, 1.165) is 18.2 Å². The van der Waals surface area contributed by atoms with Crippen LogP contribution in [0.1, 0.15) is 13.8 Å². The van der Waals surface area contributed by atoms with Crippen LogP contribution in [-0.4, -0.2) is 11.9 Å². The Morgan fingerprint density at radius 1 is 1.24 bits per heavy atom. The van der Waals surface area contributed by atoms with E-state index in [-0.39, 0.29) is 24.0 Å². The molecule has 17 heavy (non-hydrogen) atoms. The van der Waals surface area contributed by atoms with Gasteiger partial charge in [0.1, 0.15) is 11.6 Å². The molecule has 6 heteroatoms. The number of carbonyl (C=O) groups excluding carboxylic acids is 1. The van der Waals surface area contributed by atoms with E-state index in [1.54, 1.807) is 13.8 Å². The molecule has 0 aromatic heterocycles. The van der Waals surface area contributed by atoms with Crippen LogP contribution in [0.15, 0.2) is 18.2 Å². The maximum Gasteiger partial charge on any atom is 0.241 e. The first-order chi connectivity index (χ1) is 7.40. The zero-order valence-corrected chi connectivity index (χ0v) is 10.4. The van der Waals surface area contributed by atoms with Crippen molar-refractivity contribution in [1.29, 1.82) is 0 Å². The second kappa shape index (κ2) is 6.51. The number of hydrogen-bond donors (Lipinski definition) is 2. The molecule has 0 aliphatic rings. The number of benzene rings is 1. The minimum absolute atomic E-state index is 0. The van der Waals surface area contributed by atoms with Crippen molar-refractivity contribution in [1.82, 2.24) is 0 Å². The van der Waals surface area contributed by atoms with Crippen molar-refractivity contribution in [2.24, 2.45) is 11.7 Å². The number of halogens is 3. The molecule has 0 aliphatic carbocycles. The number of rotatable bonds is 3. The van der Waals surface area contributed by atoms with Crippen LogP contribution in [0.5, 0.6) is 0 Å². The minimum Gasteiger partial charge on any atom is -0.325 e. The molecule has 0 aliphatic heterocycles. The first-order valence-corrected chi connectivity index (χ1v) is 4.92. The summed E-state index contributed by atoms with van der Waals surface area (Å²) >= 11 is 0. The summed E-state index contributed by atoms with van der Waals surface area (Å²) in [4.78, 5) is 11.5. The first-order valence-electron chi connectivity index (χ1n) is 4.92. The van der Waals surface area contributed by atoms with Crippen molar-refractivity contribution in [2.75, 3.05) is 5.32 Å². The summed E-state index contributed by atoms with van der Waals surface area (Å²) in [6, 6.07) is 2.10. The van der Waals surface area contributed by atoms with Crippen LogP contribution in [0.2, 0.25) is 0 Å². The Kier molecular flexibility index (Phi) is 6.05. The average Bonchev–Trinajstić information content (AvgIpc) is 2.14. The van der Waals surface area contributed by atoms with E-state index >= 15 is 0 Å². The topological polar surface area (TPSA) is 55.1 Å². The van der Waals surface area contributed by atoms with Crippen molar-refractivity contribution >= 4 is 24.0 Å². The van der Waals surface area contributed by atoms with Crippen LogP contribution in [-0.2, 0) is 4.79 Å². The van der Waals surface area contributed by atoms with Gasteiger partial charge in [-0.3, -0.25) is 4.79 Å². The minimum atomic E-state index is -0.742. The lowest BCUT2D eigenvalue weighted by molar-refractivity contribution is -0.118. The Bertz CT molecular complexity index is 379. The predicted molar refractivity (Wildman–Crippen MR) is 65.0 cm³/mol. The van der Waals surface area contributed by atoms with Crippen LogP contribution in [0.3, 0.4) is 0 Å². The molecule has 3 N–H and O–H groups in total. The third-order valence-electron chi connectivity index (χ3n) is 2.15. The number of amides is 1. The number of anilines is 1. The summed E-state index contributed by atoms with van der Waals surface area (Å²) in [5.41, 5.74) is 5.65. The van der Waals surface area contributed by atoms with Crippen LogP contribution in [0, 0.1) is 17.6 Å². The van der Waals surface area contributed by atoms with Crippen molar-refractivity contribution in [2.45, 2.75) is 19.9 Å². The van der Waals surface area contributed by atoms with Crippen LogP contribution in [0.25, 0.3) is 0 Å². The molecule has 0 saturated heterocycles. The van der Waals surface area contributed by atoms with Gasteiger partial charge in [0, 0.05) is 11.8 Å². The van der Waals surface area contributed by atoms with Gasteiger partial charge in [-0.25, -0.2) is 8.78 Å². The lowest BCUT2D eigenvalue weighted by Crippen LogP contribution is -2.39. The van der Waals surface area contributed by atoms with Crippen molar-refractivity contribution in [3.8, 4) is 0 Å². The summed E-state index contributed by atoms with van der Waals surface area (Å²) in [6.45, 7) is 3.58. The third-order valence-corrected chi connectivity index (χ3v) is 2.15. The van der Waals surface area contributed by atoms with E-state index in [0.29, 0.717) is 0 Å². The zero-order chi connectivity index (χ0) is 12.3. The fraction of sp³-hybridized carbons (Fsp3) is 0.364. The summed E-state index contributed by atoms with van der Waals surface area (Å²) in [6.07, 6.45) is 0. The summed E-state index contributed by atoms with van der Waals surface area (Å²) in [5.74, 6) is -1.99. The van der Waals surface area contributed by atoms with Gasteiger partial charge in [0.05, 0.1) is 6.04 Å². The standard InChI is InChI=1S/C11H14F2N2O.ClH/c1-6(2)10(14)11(16)15-9-4-7(12)3-8(13)5-9;/h3-6,10H,14H2,1-2H3,(H,15,16);1H/t10-;/m1./s1. The molecule has 0 bridgehead atoms. The molecule has 96 valence electrons. The molecule has 1 atom stereocenters. The van der Waals surface area contributed by atoms with Crippen LogP contribution in [0.4, 0.5) is 14.5 Å². The quantitative estimate of drug-likeness (QED) is 0.880. The average molecular weight is 265 g/mol. The number of carbonyl (C=O) groups is 1. The Morgan fingerprint density at radius 3 is 2.12 bits per heavy atom. The fourth-order valence-corrected chi connectivity index (χ4v) is 1.15. The van der Waals surface area contributed by atoms with Crippen molar-refractivity contribution in [3.63, 3.8) is 0 Å². The van der Waals surface area contributed by atoms with Gasteiger partial charge in [0.25, 0.3) is 0 Å². The lowest BCUT2D eigenvalue weighted by atomic mass is 10.0. The van der Waals surface area contributed by atoms with Crippen LogP contribution >= 0.6 is 12.4 Å². The molecule has 0 unspecified atom stereocenters. The SMILES string of the molecule is CC(C)[C@@H](N)C(=O)Nc1cc(F)cc(F)c1.Cl. The lowest BCUT2D eigenvalue weighted by Gasteiger charge is -2.15. The van der Waals surface area contributed by atoms with Gasteiger partial charge in [-0.1, -0.05) is 13.8 Å². The second-order valence-electron chi connectivity index (χ2n) is 3.92. The molecule has 1 aromatic carbocycles. The van der Waals surface area contributed by atoms with Gasteiger partial charge >= 0.3 is 0 Å². The number of nitrogens with two attached hydrogens (primary N) is 1. The van der Waals surface area contributed by atoms with Gasteiger partial charge < -0.3 is 11.1 Å². The smallest absolute Gasteiger partial charge is 0.241 e. The van der Waals surface area contributed by atoms with E-state index in [2.05, 4.69) is 5.32 Å². The highest BCUT2D eigenvalue weighted by atomic mass is 35.5. The highest BCUT2D eigenvalue weighted by Crippen LogP contribution is 2.13. The monoisotopic (exact) mass is 264 g/mol. The predicted octanol–water partition coefficient (Wildman–Crippen LogP) is 2.31. The summed E-state index contributed by atoms with van der Waals surface area (Å²) < 4.78 is 25.6. The van der Waals surface area contributed by atoms with Crippen molar-refractivity contribution < 1.29 is 13.6 Å². The molecule has 0 heterocycles. The summed E-state index contributed by atoms with van der Waals surface area (Å²) in [5, 5.41) is 2.36. The van der Waals surface area contributed by atoms with E-state index in [9.17, 15) is 13.6 Å². The van der Waals surface area contributed by atoms with Gasteiger partial charge in [0.15, 0.2) is 0 Å². The van der Waals surface area contributed by atoms with Gasteiger partial charge in [-0.05, 0) is 18.1 Å². The number of nitrogens with one attached hydrogen (secondary N) is 1. The molecule has 0 spiro atoms. The zero-order valence-electron chi connectivity index (χ0n) is 9.54. The van der Waals surface area contributed by atoms with Crippen molar-refractivity contribution in [3.05, 3.63) is 29.8 Å². The number of hydrogen-bond acceptors (Lipinski definition) is 2. The Labute approximate surface area is 105 Å². The maximum absolute atomic E-state index is 12.8. The molecule has 0 saturated carbocycles. The van der Waals surface area contributed by atoms with Gasteiger partial charge in [-0.2, -0.15) is 0 Å². The van der Waals surface area contributed by atoms with E-state index in [1.807, 2.05) is 0 Å². The largest absolute Gasteiger partial charge is 0.325 e. The Hall–Kier alpha value is -1.20. The molecule has 1 aromatic rings. The normalized spacial score (nSPS) is 11.9.